The molecule has 1 N–H and O–H groups in total. The number of hydrogen-bond donors (Lipinski definition) is 1. The van der Waals surface area contributed by atoms with Gasteiger partial charge in [-0.15, -0.1) is 0 Å². The van der Waals surface area contributed by atoms with E-state index in [-0.39, 0.29) is 11.7 Å². The van der Waals surface area contributed by atoms with Gasteiger partial charge in [-0.05, 0) is 37.6 Å². The molecule has 0 saturated carbocycles. The van der Waals surface area contributed by atoms with Crippen LogP contribution in [0.2, 0.25) is 0 Å². The molecule has 100 valence electrons. The van der Waals surface area contributed by atoms with Gasteiger partial charge in [-0.1, -0.05) is 15.9 Å². The van der Waals surface area contributed by atoms with Crippen molar-refractivity contribution in [2.75, 3.05) is 11.9 Å². The fourth-order valence-corrected chi connectivity index (χ4v) is 1.72. The van der Waals surface area contributed by atoms with Crippen LogP contribution in [0.5, 0.6) is 0 Å². The van der Waals surface area contributed by atoms with Crippen molar-refractivity contribution in [1.82, 2.24) is 4.98 Å². The van der Waals surface area contributed by atoms with Crippen molar-refractivity contribution in [2.24, 2.45) is 0 Å². The summed E-state index contributed by atoms with van der Waals surface area (Å²) in [6, 6.07) is 6.00. The number of nitrogens with zero attached hydrogens (tertiary/aromatic N) is 1. The van der Waals surface area contributed by atoms with Crippen LogP contribution in [0.25, 0.3) is 0 Å². The summed E-state index contributed by atoms with van der Waals surface area (Å²) in [6.07, 6.45) is 1.27. The number of halogens is 1. The highest BCUT2D eigenvalue weighted by molar-refractivity contribution is 9.10. The molecule has 0 amide bonds. The number of hydrogen-bond acceptors (Lipinski definition) is 5. The molecule has 1 aromatic carbocycles. The van der Waals surface area contributed by atoms with E-state index in [1.807, 2.05) is 25.1 Å². The van der Waals surface area contributed by atoms with Crippen molar-refractivity contribution in [3.05, 3.63) is 40.2 Å². The van der Waals surface area contributed by atoms with Crippen molar-refractivity contribution in [3.63, 3.8) is 0 Å². The number of benzene rings is 1. The van der Waals surface area contributed by atoms with Crippen molar-refractivity contribution in [3.8, 4) is 0 Å². The molecule has 0 atom stereocenters. The number of rotatable bonds is 4. The van der Waals surface area contributed by atoms with Gasteiger partial charge in [-0.2, -0.15) is 4.98 Å². The van der Waals surface area contributed by atoms with E-state index in [1.165, 1.54) is 6.26 Å². The van der Waals surface area contributed by atoms with Gasteiger partial charge in [-0.25, -0.2) is 4.79 Å². The summed E-state index contributed by atoms with van der Waals surface area (Å²) >= 11 is 3.43. The normalized spacial score (nSPS) is 10.3. The summed E-state index contributed by atoms with van der Waals surface area (Å²) in [5.74, 6) is -0.494. The molecule has 0 saturated heterocycles. The maximum Gasteiger partial charge on any atom is 0.360 e. The van der Waals surface area contributed by atoms with Crippen LogP contribution in [-0.4, -0.2) is 17.6 Å². The number of ether oxygens (including phenoxy) is 1. The first-order valence-electron chi connectivity index (χ1n) is 5.76. The molecule has 1 aromatic heterocycles. The minimum Gasteiger partial charge on any atom is -0.461 e. The van der Waals surface area contributed by atoms with Gasteiger partial charge in [0, 0.05) is 10.2 Å². The van der Waals surface area contributed by atoms with Gasteiger partial charge in [0.25, 0.3) is 6.01 Å². The predicted octanol–water partition coefficient (Wildman–Crippen LogP) is 3.67. The van der Waals surface area contributed by atoms with E-state index in [2.05, 4.69) is 26.2 Å². The van der Waals surface area contributed by atoms with Crippen LogP contribution in [0.1, 0.15) is 23.0 Å². The number of aryl methyl sites for hydroxylation is 1. The monoisotopic (exact) mass is 324 g/mol. The Morgan fingerprint density at radius 3 is 3.00 bits per heavy atom. The zero-order chi connectivity index (χ0) is 13.8. The van der Waals surface area contributed by atoms with Gasteiger partial charge in [-0.3, -0.25) is 0 Å². The van der Waals surface area contributed by atoms with Crippen LogP contribution in [0.4, 0.5) is 11.7 Å². The zero-order valence-electron chi connectivity index (χ0n) is 10.6. The Kier molecular flexibility index (Phi) is 4.21. The Balaban J connectivity index is 2.11. The third-order valence-corrected chi connectivity index (χ3v) is 3.29. The SMILES string of the molecule is CCOC(=O)c1coc(Nc2ccc(Br)c(C)c2)n1. The lowest BCUT2D eigenvalue weighted by Crippen LogP contribution is -2.05. The highest BCUT2D eigenvalue weighted by atomic mass is 79.9. The third kappa shape index (κ3) is 3.35. The maximum absolute atomic E-state index is 11.4. The second-order valence-corrected chi connectivity index (χ2v) is 4.70. The fraction of sp³-hybridized carbons (Fsp3) is 0.231. The lowest BCUT2D eigenvalue weighted by Gasteiger charge is -2.04. The number of anilines is 2. The largest absolute Gasteiger partial charge is 0.461 e. The average Bonchev–Trinajstić information content (AvgIpc) is 2.83. The number of oxazole rings is 1. The molecule has 0 spiro atoms. The van der Waals surface area contributed by atoms with E-state index in [4.69, 9.17) is 9.15 Å². The van der Waals surface area contributed by atoms with Crippen LogP contribution < -0.4 is 5.32 Å². The van der Waals surface area contributed by atoms with Gasteiger partial charge >= 0.3 is 5.97 Å². The third-order valence-electron chi connectivity index (χ3n) is 2.40. The predicted molar refractivity (Wildman–Crippen MR) is 74.6 cm³/mol. The van der Waals surface area contributed by atoms with Crippen LogP contribution in [0.15, 0.2) is 33.4 Å². The molecule has 2 rings (SSSR count). The smallest absolute Gasteiger partial charge is 0.360 e. The zero-order valence-corrected chi connectivity index (χ0v) is 12.2. The molecule has 0 fully saturated rings. The molecule has 0 aliphatic carbocycles. The van der Waals surface area contributed by atoms with E-state index >= 15 is 0 Å². The minimum atomic E-state index is -0.494. The lowest BCUT2D eigenvalue weighted by molar-refractivity contribution is 0.0519. The lowest BCUT2D eigenvalue weighted by atomic mass is 10.2. The molecule has 6 heteroatoms. The Hall–Kier alpha value is -1.82. The van der Waals surface area contributed by atoms with Gasteiger partial charge < -0.3 is 14.5 Å². The molecular formula is C13H13BrN2O3. The van der Waals surface area contributed by atoms with Gasteiger partial charge in [0.15, 0.2) is 5.69 Å². The van der Waals surface area contributed by atoms with Gasteiger partial charge in [0.2, 0.25) is 0 Å². The Morgan fingerprint density at radius 2 is 2.32 bits per heavy atom. The van der Waals surface area contributed by atoms with Crippen LogP contribution in [0, 0.1) is 6.92 Å². The van der Waals surface area contributed by atoms with Crippen LogP contribution in [0.3, 0.4) is 0 Å². The molecule has 0 aliphatic heterocycles. The summed E-state index contributed by atoms with van der Waals surface area (Å²) < 4.78 is 11.0. The van der Waals surface area contributed by atoms with E-state index in [0.29, 0.717) is 6.61 Å². The molecule has 0 aliphatic rings. The number of esters is 1. The number of carbonyl (C=O) groups excluding carboxylic acids is 1. The second-order valence-electron chi connectivity index (χ2n) is 3.85. The standard InChI is InChI=1S/C13H13BrN2O3/c1-3-18-12(17)11-7-19-13(16-11)15-9-4-5-10(14)8(2)6-9/h4-7H,3H2,1-2H3,(H,15,16). The van der Waals surface area contributed by atoms with E-state index < -0.39 is 5.97 Å². The van der Waals surface area contributed by atoms with Crippen molar-refractivity contribution < 1.29 is 13.9 Å². The molecule has 5 nitrogen and oxygen atoms in total. The van der Waals surface area contributed by atoms with Gasteiger partial charge in [0.05, 0.1) is 6.61 Å². The second kappa shape index (κ2) is 5.88. The summed E-state index contributed by atoms with van der Waals surface area (Å²) in [5.41, 5.74) is 2.07. The van der Waals surface area contributed by atoms with E-state index in [0.717, 1.165) is 15.7 Å². The quantitative estimate of drug-likeness (QED) is 0.869. The Bertz CT molecular complexity index is 595. The van der Waals surface area contributed by atoms with Crippen molar-refractivity contribution in [2.45, 2.75) is 13.8 Å². The fourth-order valence-electron chi connectivity index (χ4n) is 1.48. The topological polar surface area (TPSA) is 64.4 Å². The summed E-state index contributed by atoms with van der Waals surface area (Å²) in [6.45, 7) is 4.02. The van der Waals surface area contributed by atoms with Crippen LogP contribution in [-0.2, 0) is 4.74 Å². The molecule has 0 radical (unpaired) electrons. The highest BCUT2D eigenvalue weighted by Crippen LogP contribution is 2.22. The first kappa shape index (κ1) is 13.6. The Labute approximate surface area is 119 Å². The maximum atomic E-state index is 11.4. The molecular weight excluding hydrogens is 312 g/mol. The molecule has 2 aromatic rings. The van der Waals surface area contributed by atoms with Crippen molar-refractivity contribution >= 4 is 33.6 Å². The molecule has 19 heavy (non-hydrogen) atoms. The number of aromatic nitrogens is 1. The van der Waals surface area contributed by atoms with Gasteiger partial charge in [0.1, 0.15) is 6.26 Å². The minimum absolute atomic E-state index is 0.151. The van der Waals surface area contributed by atoms with E-state index in [9.17, 15) is 4.79 Å². The summed E-state index contributed by atoms with van der Waals surface area (Å²) in [7, 11) is 0. The van der Waals surface area contributed by atoms with Crippen LogP contribution >= 0.6 is 15.9 Å². The Morgan fingerprint density at radius 1 is 1.53 bits per heavy atom. The highest BCUT2D eigenvalue weighted by Gasteiger charge is 2.13. The summed E-state index contributed by atoms with van der Waals surface area (Å²) in [4.78, 5) is 15.4. The number of nitrogens with one attached hydrogen (secondary N) is 1. The molecule has 0 unspecified atom stereocenters. The molecule has 0 bridgehead atoms. The number of carbonyl (C=O) groups is 1. The van der Waals surface area contributed by atoms with E-state index in [1.54, 1.807) is 6.92 Å². The van der Waals surface area contributed by atoms with Crippen molar-refractivity contribution in [1.29, 1.82) is 0 Å². The average molecular weight is 325 g/mol. The first-order chi connectivity index (χ1) is 9.10. The first-order valence-corrected chi connectivity index (χ1v) is 6.55. The summed E-state index contributed by atoms with van der Waals surface area (Å²) in [5, 5.41) is 2.98. The molecule has 1 heterocycles.